The van der Waals surface area contributed by atoms with Gasteiger partial charge < -0.3 is 9.47 Å². The van der Waals surface area contributed by atoms with Gasteiger partial charge in [-0.25, -0.2) is 15.0 Å². The Morgan fingerprint density at radius 2 is 2.14 bits per heavy atom. The predicted octanol–water partition coefficient (Wildman–Crippen LogP) is 1.75. The fourth-order valence-corrected chi connectivity index (χ4v) is 3.86. The molecule has 0 aliphatic carbocycles. The molecule has 2 aliphatic rings. The van der Waals surface area contributed by atoms with Gasteiger partial charge in [0.2, 0.25) is 0 Å². The molecule has 0 aromatic carbocycles. The molecule has 0 saturated carbocycles. The second-order valence-electron chi connectivity index (χ2n) is 5.87. The van der Waals surface area contributed by atoms with E-state index in [0.29, 0.717) is 6.01 Å². The van der Waals surface area contributed by atoms with Crippen molar-refractivity contribution in [1.82, 2.24) is 19.9 Å². The molecule has 0 bridgehead atoms. The smallest absolute Gasteiger partial charge is 0.316 e. The van der Waals surface area contributed by atoms with Crippen molar-refractivity contribution < 1.29 is 9.47 Å². The summed E-state index contributed by atoms with van der Waals surface area (Å²) in [7, 11) is 0. The lowest BCUT2D eigenvalue weighted by atomic mass is 9.85. The van der Waals surface area contributed by atoms with E-state index in [4.69, 9.17) is 9.47 Å². The van der Waals surface area contributed by atoms with Crippen LogP contribution in [0.1, 0.15) is 17.8 Å². The van der Waals surface area contributed by atoms with Crippen molar-refractivity contribution in [1.29, 1.82) is 0 Å². The van der Waals surface area contributed by atoms with Crippen LogP contribution in [-0.2, 0) is 11.3 Å². The Morgan fingerprint density at radius 1 is 1.27 bits per heavy atom. The van der Waals surface area contributed by atoms with Crippen molar-refractivity contribution in [2.45, 2.75) is 31.1 Å². The lowest BCUT2D eigenvalue weighted by Crippen LogP contribution is -2.65. The number of rotatable bonds is 4. The molecule has 116 valence electrons. The van der Waals surface area contributed by atoms with Gasteiger partial charge in [-0.3, -0.25) is 4.90 Å². The molecule has 1 atom stereocenters. The summed E-state index contributed by atoms with van der Waals surface area (Å²) in [6.07, 6.45) is 7.20. The van der Waals surface area contributed by atoms with Crippen molar-refractivity contribution >= 4 is 11.3 Å². The zero-order valence-electron chi connectivity index (χ0n) is 12.2. The molecule has 0 amide bonds. The number of hydrogen-bond acceptors (Lipinski definition) is 7. The van der Waals surface area contributed by atoms with Crippen LogP contribution in [-0.4, -0.2) is 51.3 Å². The Labute approximate surface area is 133 Å². The molecule has 0 N–H and O–H groups in total. The summed E-state index contributed by atoms with van der Waals surface area (Å²) in [5, 5.41) is 3.18. The zero-order valence-corrected chi connectivity index (χ0v) is 13.0. The van der Waals surface area contributed by atoms with Crippen molar-refractivity contribution in [3.63, 3.8) is 0 Å². The quantitative estimate of drug-likeness (QED) is 0.856. The minimum absolute atomic E-state index is 0.0606. The third-order valence-corrected chi connectivity index (χ3v) is 4.89. The summed E-state index contributed by atoms with van der Waals surface area (Å²) in [4.78, 5) is 15.0. The van der Waals surface area contributed by atoms with Crippen LogP contribution in [0.2, 0.25) is 0 Å². The standard InChI is InChI=1S/C15H18N4O2S/c1-3-17-14(18-4-1)21-12-2-6-20-15(8-12)10-19(11-15)9-13-16-5-7-22-13/h1,3-5,7,12H,2,6,8-11H2/t12-/m1/s1. The molecule has 0 radical (unpaired) electrons. The second kappa shape index (κ2) is 5.91. The van der Waals surface area contributed by atoms with Crippen LogP contribution in [0.4, 0.5) is 0 Å². The molecule has 1 spiro atoms. The first kappa shape index (κ1) is 14.0. The largest absolute Gasteiger partial charge is 0.460 e. The molecule has 2 saturated heterocycles. The third-order valence-electron chi connectivity index (χ3n) is 4.13. The highest BCUT2D eigenvalue weighted by atomic mass is 32.1. The van der Waals surface area contributed by atoms with Gasteiger partial charge in [-0.15, -0.1) is 11.3 Å². The van der Waals surface area contributed by atoms with E-state index in [9.17, 15) is 0 Å². The number of likely N-dealkylation sites (tertiary alicyclic amines) is 1. The Balaban J connectivity index is 1.32. The SMILES string of the molecule is c1cnc(O[C@@H]2CCOC3(C2)CN(Cc2nccs2)C3)nc1. The summed E-state index contributed by atoms with van der Waals surface area (Å²) < 4.78 is 11.9. The van der Waals surface area contributed by atoms with Crippen LogP contribution in [0.15, 0.2) is 30.0 Å². The van der Waals surface area contributed by atoms with Gasteiger partial charge in [-0.1, -0.05) is 0 Å². The van der Waals surface area contributed by atoms with Gasteiger partial charge in [0.15, 0.2) is 0 Å². The zero-order chi connectivity index (χ0) is 14.8. The predicted molar refractivity (Wildman–Crippen MR) is 81.8 cm³/mol. The minimum atomic E-state index is -0.0606. The van der Waals surface area contributed by atoms with Gasteiger partial charge in [0.05, 0.1) is 18.8 Å². The summed E-state index contributed by atoms with van der Waals surface area (Å²) in [5.41, 5.74) is -0.0606. The number of nitrogens with zero attached hydrogens (tertiary/aromatic N) is 4. The first-order valence-electron chi connectivity index (χ1n) is 7.50. The molecule has 2 fully saturated rings. The van der Waals surface area contributed by atoms with Gasteiger partial charge in [-0.05, 0) is 6.07 Å². The van der Waals surface area contributed by atoms with E-state index in [-0.39, 0.29) is 11.7 Å². The van der Waals surface area contributed by atoms with Gasteiger partial charge in [0.25, 0.3) is 0 Å². The van der Waals surface area contributed by atoms with Crippen molar-refractivity contribution in [2.75, 3.05) is 19.7 Å². The summed E-state index contributed by atoms with van der Waals surface area (Å²) >= 11 is 1.70. The van der Waals surface area contributed by atoms with E-state index < -0.39 is 0 Å². The van der Waals surface area contributed by atoms with Crippen LogP contribution in [0.25, 0.3) is 0 Å². The van der Waals surface area contributed by atoms with E-state index in [1.807, 2.05) is 11.6 Å². The highest BCUT2D eigenvalue weighted by molar-refractivity contribution is 7.09. The van der Waals surface area contributed by atoms with Crippen LogP contribution in [0.5, 0.6) is 6.01 Å². The van der Waals surface area contributed by atoms with E-state index in [1.165, 1.54) is 0 Å². The molecule has 2 aliphatic heterocycles. The molecular weight excluding hydrogens is 300 g/mol. The van der Waals surface area contributed by atoms with E-state index in [2.05, 4.69) is 19.9 Å². The minimum Gasteiger partial charge on any atom is -0.460 e. The second-order valence-corrected chi connectivity index (χ2v) is 6.85. The maximum atomic E-state index is 6.04. The lowest BCUT2D eigenvalue weighted by molar-refractivity contribution is -0.188. The first-order valence-corrected chi connectivity index (χ1v) is 8.38. The summed E-state index contributed by atoms with van der Waals surface area (Å²) in [6, 6.07) is 2.25. The monoisotopic (exact) mass is 318 g/mol. The molecule has 22 heavy (non-hydrogen) atoms. The highest BCUT2D eigenvalue weighted by Crippen LogP contribution is 2.36. The fourth-order valence-electron chi connectivity index (χ4n) is 3.20. The van der Waals surface area contributed by atoms with Crippen molar-refractivity contribution in [2.24, 2.45) is 0 Å². The fraction of sp³-hybridized carbons (Fsp3) is 0.533. The molecular formula is C15H18N4O2S. The first-order chi connectivity index (χ1) is 10.8. The molecule has 0 unspecified atom stereocenters. The van der Waals surface area contributed by atoms with Crippen LogP contribution < -0.4 is 4.74 Å². The Kier molecular flexibility index (Phi) is 3.77. The van der Waals surface area contributed by atoms with Crippen molar-refractivity contribution in [3.05, 3.63) is 35.0 Å². The molecule has 2 aromatic rings. The number of aromatic nitrogens is 3. The number of ether oxygens (including phenoxy) is 2. The summed E-state index contributed by atoms with van der Waals surface area (Å²) in [5.74, 6) is 0. The third kappa shape index (κ3) is 2.97. The van der Waals surface area contributed by atoms with Gasteiger partial charge in [0, 0.05) is 49.9 Å². The topological polar surface area (TPSA) is 60.4 Å². The Hall–Kier alpha value is -1.57. The van der Waals surface area contributed by atoms with Crippen molar-refractivity contribution in [3.8, 4) is 6.01 Å². The molecule has 4 heterocycles. The van der Waals surface area contributed by atoms with E-state index in [0.717, 1.165) is 44.1 Å². The highest BCUT2D eigenvalue weighted by Gasteiger charge is 2.48. The van der Waals surface area contributed by atoms with Gasteiger partial charge in [0.1, 0.15) is 11.1 Å². The lowest BCUT2D eigenvalue weighted by Gasteiger charge is -2.52. The number of hydrogen-bond donors (Lipinski definition) is 0. The molecule has 6 nitrogen and oxygen atoms in total. The van der Waals surface area contributed by atoms with Crippen LogP contribution >= 0.6 is 11.3 Å². The normalized spacial score (nSPS) is 24.1. The van der Waals surface area contributed by atoms with Crippen LogP contribution in [0, 0.1) is 0 Å². The average Bonchev–Trinajstić information content (AvgIpc) is 3.00. The van der Waals surface area contributed by atoms with E-state index >= 15 is 0 Å². The van der Waals surface area contributed by atoms with E-state index in [1.54, 1.807) is 29.8 Å². The number of thiazole rings is 1. The molecule has 2 aromatic heterocycles. The molecule has 4 rings (SSSR count). The maximum Gasteiger partial charge on any atom is 0.316 e. The Morgan fingerprint density at radius 3 is 2.91 bits per heavy atom. The Bertz CT molecular complexity index is 601. The van der Waals surface area contributed by atoms with Crippen LogP contribution in [0.3, 0.4) is 0 Å². The average molecular weight is 318 g/mol. The maximum absolute atomic E-state index is 6.04. The van der Waals surface area contributed by atoms with Gasteiger partial charge in [-0.2, -0.15) is 0 Å². The van der Waals surface area contributed by atoms with Gasteiger partial charge >= 0.3 is 6.01 Å². The summed E-state index contributed by atoms with van der Waals surface area (Å²) in [6.45, 7) is 3.54. The molecule has 7 heteroatoms.